The zero-order valence-electron chi connectivity index (χ0n) is 18.0. The third kappa shape index (κ3) is 7.05. The number of carbonyl (C=O) groups is 2. The lowest BCUT2D eigenvalue weighted by atomic mass is 9.95. The van der Waals surface area contributed by atoms with Gasteiger partial charge in [-0.25, -0.2) is 0 Å². The maximum Gasteiger partial charge on any atom is 0.242 e. The largest absolute Gasteiger partial charge is 0.352 e. The number of nitrogens with zero attached hydrogens (tertiary/aromatic N) is 1. The van der Waals surface area contributed by atoms with E-state index in [1.807, 2.05) is 12.1 Å². The van der Waals surface area contributed by atoms with Gasteiger partial charge in [-0.1, -0.05) is 60.1 Å². The molecule has 0 unspecified atom stereocenters. The molecule has 2 amide bonds. The van der Waals surface area contributed by atoms with Gasteiger partial charge in [-0.05, 0) is 56.2 Å². The van der Waals surface area contributed by atoms with Gasteiger partial charge >= 0.3 is 0 Å². The van der Waals surface area contributed by atoms with E-state index in [4.69, 9.17) is 34.8 Å². The van der Waals surface area contributed by atoms with E-state index in [1.165, 1.54) is 18.2 Å². The Morgan fingerprint density at radius 2 is 1.66 bits per heavy atom. The van der Waals surface area contributed by atoms with Gasteiger partial charge in [0.15, 0.2) is 0 Å². The standard InChI is InChI=1S/C24H27Cl3N2O2S/c1-16(24(31)28-18-6-3-2-4-7-18)29(14-20-21(26)8-5-9-22(20)27)23(30)15-32-19-12-10-17(25)11-13-19/h5,8-13,16,18H,2-4,6-7,14-15H2,1H3,(H,28,31)/t16-/m0/s1. The summed E-state index contributed by atoms with van der Waals surface area (Å²) in [6.07, 6.45) is 5.41. The van der Waals surface area contributed by atoms with Crippen LogP contribution in [0.15, 0.2) is 47.4 Å². The van der Waals surface area contributed by atoms with Crippen molar-refractivity contribution in [2.75, 3.05) is 5.75 Å². The molecule has 2 aromatic rings. The number of nitrogens with one attached hydrogen (secondary N) is 1. The molecule has 0 aromatic heterocycles. The van der Waals surface area contributed by atoms with E-state index in [-0.39, 0.29) is 30.2 Å². The average molecular weight is 514 g/mol. The van der Waals surface area contributed by atoms with Crippen LogP contribution in [-0.2, 0) is 16.1 Å². The molecule has 8 heteroatoms. The van der Waals surface area contributed by atoms with E-state index in [0.717, 1.165) is 30.6 Å². The van der Waals surface area contributed by atoms with Gasteiger partial charge < -0.3 is 10.2 Å². The van der Waals surface area contributed by atoms with Crippen LogP contribution in [0.3, 0.4) is 0 Å². The van der Waals surface area contributed by atoms with Gasteiger partial charge in [0.2, 0.25) is 11.8 Å². The van der Waals surface area contributed by atoms with Crippen LogP contribution in [0.1, 0.15) is 44.6 Å². The fourth-order valence-electron chi connectivity index (χ4n) is 3.76. The van der Waals surface area contributed by atoms with Crippen LogP contribution in [0, 0.1) is 0 Å². The summed E-state index contributed by atoms with van der Waals surface area (Å²) in [5.74, 6) is -0.123. The Balaban J connectivity index is 1.75. The van der Waals surface area contributed by atoms with Gasteiger partial charge in [-0.2, -0.15) is 0 Å². The smallest absolute Gasteiger partial charge is 0.242 e. The first-order valence-corrected chi connectivity index (χ1v) is 12.9. The first-order chi connectivity index (χ1) is 15.3. The minimum Gasteiger partial charge on any atom is -0.352 e. The molecule has 0 saturated heterocycles. The summed E-state index contributed by atoms with van der Waals surface area (Å²) < 4.78 is 0. The molecule has 1 aliphatic rings. The molecule has 1 atom stereocenters. The third-order valence-electron chi connectivity index (χ3n) is 5.68. The Labute approximate surface area is 209 Å². The van der Waals surface area contributed by atoms with Gasteiger partial charge in [-0.15, -0.1) is 11.8 Å². The number of hydrogen-bond acceptors (Lipinski definition) is 3. The fourth-order valence-corrected chi connectivity index (χ4v) is 5.19. The maximum absolute atomic E-state index is 13.3. The molecule has 172 valence electrons. The summed E-state index contributed by atoms with van der Waals surface area (Å²) in [7, 11) is 0. The van der Waals surface area contributed by atoms with Gasteiger partial charge in [-0.3, -0.25) is 9.59 Å². The lowest BCUT2D eigenvalue weighted by Gasteiger charge is -2.31. The number of hydrogen-bond donors (Lipinski definition) is 1. The van der Waals surface area contributed by atoms with E-state index < -0.39 is 6.04 Å². The van der Waals surface area contributed by atoms with Crippen LogP contribution in [-0.4, -0.2) is 34.6 Å². The molecule has 1 saturated carbocycles. The lowest BCUT2D eigenvalue weighted by molar-refractivity contribution is -0.139. The Kier molecular flexibility index (Phi) is 9.60. The molecule has 0 spiro atoms. The highest BCUT2D eigenvalue weighted by Crippen LogP contribution is 2.28. The average Bonchev–Trinajstić information content (AvgIpc) is 2.78. The number of amides is 2. The fraction of sp³-hybridized carbons (Fsp3) is 0.417. The summed E-state index contributed by atoms with van der Waals surface area (Å²) >= 11 is 20.1. The van der Waals surface area contributed by atoms with Crippen molar-refractivity contribution in [1.82, 2.24) is 10.2 Å². The third-order valence-corrected chi connectivity index (χ3v) is 7.64. The van der Waals surface area contributed by atoms with Crippen molar-refractivity contribution >= 4 is 58.4 Å². The van der Waals surface area contributed by atoms with E-state index in [1.54, 1.807) is 42.2 Å². The van der Waals surface area contributed by atoms with E-state index in [2.05, 4.69) is 5.32 Å². The number of rotatable bonds is 8. The quantitative estimate of drug-likeness (QED) is 0.404. The molecular weight excluding hydrogens is 487 g/mol. The van der Waals surface area contributed by atoms with Crippen LogP contribution in [0.2, 0.25) is 15.1 Å². The van der Waals surface area contributed by atoms with Crippen LogP contribution in [0.4, 0.5) is 0 Å². The second-order valence-electron chi connectivity index (χ2n) is 7.98. The summed E-state index contributed by atoms with van der Waals surface area (Å²) in [5, 5.41) is 4.72. The van der Waals surface area contributed by atoms with E-state index in [9.17, 15) is 9.59 Å². The zero-order chi connectivity index (χ0) is 23.1. The van der Waals surface area contributed by atoms with Gasteiger partial charge in [0, 0.05) is 38.1 Å². The van der Waals surface area contributed by atoms with Crippen molar-refractivity contribution in [2.24, 2.45) is 0 Å². The van der Waals surface area contributed by atoms with Crippen molar-refractivity contribution in [3.8, 4) is 0 Å². The van der Waals surface area contributed by atoms with Crippen LogP contribution >= 0.6 is 46.6 Å². The lowest BCUT2D eigenvalue weighted by Crippen LogP contribution is -2.50. The Morgan fingerprint density at radius 1 is 1.03 bits per heavy atom. The van der Waals surface area contributed by atoms with Crippen LogP contribution in [0.25, 0.3) is 0 Å². The highest BCUT2D eigenvalue weighted by Gasteiger charge is 2.29. The van der Waals surface area contributed by atoms with Crippen molar-refractivity contribution in [3.05, 3.63) is 63.1 Å². The van der Waals surface area contributed by atoms with Crippen LogP contribution < -0.4 is 5.32 Å². The summed E-state index contributed by atoms with van der Waals surface area (Å²) in [5.41, 5.74) is 0.637. The SMILES string of the molecule is C[C@@H](C(=O)NC1CCCCC1)N(Cc1c(Cl)cccc1Cl)C(=O)CSc1ccc(Cl)cc1. The molecule has 0 aliphatic heterocycles. The van der Waals surface area contributed by atoms with Crippen molar-refractivity contribution in [2.45, 2.75) is 62.6 Å². The predicted octanol–water partition coefficient (Wildman–Crippen LogP) is 6.61. The molecule has 32 heavy (non-hydrogen) atoms. The molecule has 4 nitrogen and oxygen atoms in total. The topological polar surface area (TPSA) is 49.4 Å². The van der Waals surface area contributed by atoms with Crippen molar-refractivity contribution in [3.63, 3.8) is 0 Å². The first kappa shape index (κ1) is 25.2. The summed E-state index contributed by atoms with van der Waals surface area (Å²) in [6, 6.07) is 12.1. The Hall–Kier alpha value is -1.40. The highest BCUT2D eigenvalue weighted by atomic mass is 35.5. The Morgan fingerprint density at radius 3 is 2.28 bits per heavy atom. The normalized spacial score (nSPS) is 15.2. The van der Waals surface area contributed by atoms with Gasteiger partial charge in [0.25, 0.3) is 0 Å². The monoisotopic (exact) mass is 512 g/mol. The zero-order valence-corrected chi connectivity index (χ0v) is 21.0. The number of benzene rings is 2. The molecule has 3 rings (SSSR count). The Bertz CT molecular complexity index is 913. The first-order valence-electron chi connectivity index (χ1n) is 10.8. The van der Waals surface area contributed by atoms with Gasteiger partial charge in [0.05, 0.1) is 5.75 Å². The molecule has 0 radical (unpaired) electrons. The maximum atomic E-state index is 13.3. The molecule has 2 aromatic carbocycles. The minimum atomic E-state index is -0.650. The minimum absolute atomic E-state index is 0.148. The van der Waals surface area contributed by atoms with Crippen molar-refractivity contribution in [1.29, 1.82) is 0 Å². The molecule has 1 aliphatic carbocycles. The second kappa shape index (κ2) is 12.2. The predicted molar refractivity (Wildman–Crippen MR) is 134 cm³/mol. The summed E-state index contributed by atoms with van der Waals surface area (Å²) in [6.45, 7) is 1.92. The molecule has 0 bridgehead atoms. The molecule has 1 fully saturated rings. The molecular formula is C24H27Cl3N2O2S. The number of thioether (sulfide) groups is 1. The van der Waals surface area contributed by atoms with E-state index >= 15 is 0 Å². The number of carbonyl (C=O) groups excluding carboxylic acids is 2. The number of halogens is 3. The van der Waals surface area contributed by atoms with Gasteiger partial charge in [0.1, 0.15) is 6.04 Å². The second-order valence-corrected chi connectivity index (χ2v) is 10.3. The molecule has 1 N–H and O–H groups in total. The highest BCUT2D eigenvalue weighted by molar-refractivity contribution is 8.00. The van der Waals surface area contributed by atoms with Crippen molar-refractivity contribution < 1.29 is 9.59 Å². The summed E-state index contributed by atoms with van der Waals surface area (Å²) in [4.78, 5) is 28.8. The molecule has 0 heterocycles. The van der Waals surface area contributed by atoms with Crippen LogP contribution in [0.5, 0.6) is 0 Å². The van der Waals surface area contributed by atoms with E-state index in [0.29, 0.717) is 20.6 Å².